The summed E-state index contributed by atoms with van der Waals surface area (Å²) in [6, 6.07) is -4.57. The highest BCUT2D eigenvalue weighted by Gasteiger charge is 2.38. The SMILES string of the molecule is CSCCC(NC(=O)C(NC(=O)C1CCCN1C(=O)C(N)CO)C(C)O)C(=O)O. The number of nitrogens with one attached hydrogen (secondary N) is 2. The van der Waals surface area contributed by atoms with Crippen molar-refractivity contribution in [1.29, 1.82) is 0 Å². The molecule has 1 fully saturated rings. The minimum Gasteiger partial charge on any atom is -0.480 e. The van der Waals surface area contributed by atoms with Crippen molar-refractivity contribution in [1.82, 2.24) is 15.5 Å². The van der Waals surface area contributed by atoms with Gasteiger partial charge in [-0.2, -0.15) is 11.8 Å². The number of aliphatic hydroxyl groups excluding tert-OH is 2. The van der Waals surface area contributed by atoms with Gasteiger partial charge < -0.3 is 36.6 Å². The molecular formula is C17H30N4O7S. The first-order chi connectivity index (χ1) is 13.6. The summed E-state index contributed by atoms with van der Waals surface area (Å²) in [5, 5.41) is 33.0. The molecule has 1 saturated heterocycles. The third-order valence-corrected chi connectivity index (χ3v) is 5.28. The average molecular weight is 435 g/mol. The molecule has 0 radical (unpaired) electrons. The highest BCUT2D eigenvalue weighted by Crippen LogP contribution is 2.18. The Kier molecular flexibility index (Phi) is 10.4. The number of likely N-dealkylation sites (tertiary alicyclic amines) is 1. The highest BCUT2D eigenvalue weighted by molar-refractivity contribution is 7.98. The largest absolute Gasteiger partial charge is 0.480 e. The number of aliphatic carboxylic acids is 1. The third kappa shape index (κ3) is 7.14. The van der Waals surface area contributed by atoms with E-state index >= 15 is 0 Å². The van der Waals surface area contributed by atoms with Crippen LogP contribution in [0.3, 0.4) is 0 Å². The van der Waals surface area contributed by atoms with E-state index in [1.54, 1.807) is 6.26 Å². The van der Waals surface area contributed by atoms with Crippen LogP contribution in [0.2, 0.25) is 0 Å². The first kappa shape index (κ1) is 25.1. The van der Waals surface area contributed by atoms with E-state index in [0.29, 0.717) is 18.6 Å². The lowest BCUT2D eigenvalue weighted by molar-refractivity contribution is -0.144. The van der Waals surface area contributed by atoms with Crippen molar-refractivity contribution in [2.45, 2.75) is 56.5 Å². The molecule has 0 bridgehead atoms. The van der Waals surface area contributed by atoms with Crippen molar-refractivity contribution < 1.29 is 34.5 Å². The number of hydrogen-bond donors (Lipinski definition) is 6. The van der Waals surface area contributed by atoms with Gasteiger partial charge in [-0.1, -0.05) is 0 Å². The van der Waals surface area contributed by atoms with Crippen LogP contribution < -0.4 is 16.4 Å². The first-order valence-corrected chi connectivity index (χ1v) is 10.7. The molecule has 1 rings (SSSR count). The Morgan fingerprint density at radius 2 is 1.93 bits per heavy atom. The lowest BCUT2D eigenvalue weighted by Crippen LogP contribution is -2.59. The number of amides is 3. The normalized spacial score (nSPS) is 20.4. The summed E-state index contributed by atoms with van der Waals surface area (Å²) in [4.78, 5) is 50.0. The second kappa shape index (κ2) is 12.0. The number of thioether (sulfide) groups is 1. The number of nitrogens with zero attached hydrogens (tertiary/aromatic N) is 1. The maximum absolute atomic E-state index is 12.7. The van der Waals surface area contributed by atoms with Crippen LogP contribution in [-0.4, -0.2) is 99.3 Å². The Morgan fingerprint density at radius 1 is 1.28 bits per heavy atom. The number of carbonyl (C=O) groups excluding carboxylic acids is 3. The zero-order valence-corrected chi connectivity index (χ0v) is 17.4. The Balaban J connectivity index is 2.84. The molecule has 0 aromatic carbocycles. The van der Waals surface area contributed by atoms with Gasteiger partial charge in [0, 0.05) is 6.54 Å². The third-order valence-electron chi connectivity index (χ3n) is 4.64. The molecule has 5 unspecified atom stereocenters. The van der Waals surface area contributed by atoms with Crippen LogP contribution in [0.15, 0.2) is 0 Å². The second-order valence-corrected chi connectivity index (χ2v) is 7.87. The van der Waals surface area contributed by atoms with E-state index in [-0.39, 0.29) is 13.0 Å². The molecule has 0 aliphatic carbocycles. The van der Waals surface area contributed by atoms with Crippen molar-refractivity contribution in [3.05, 3.63) is 0 Å². The standard InChI is InChI=1S/C17H30N4O7S/c1-9(23)13(15(25)19-11(17(27)28)5-7-29-2)20-14(24)12-4-3-6-21(12)16(26)10(18)8-22/h9-13,22-23H,3-8,18H2,1-2H3,(H,19,25)(H,20,24)(H,27,28). The summed E-state index contributed by atoms with van der Waals surface area (Å²) in [5.74, 6) is -2.77. The second-order valence-electron chi connectivity index (χ2n) is 6.89. The molecule has 0 aromatic rings. The number of carbonyl (C=O) groups is 4. The van der Waals surface area contributed by atoms with E-state index in [4.69, 9.17) is 10.8 Å². The molecule has 7 N–H and O–H groups in total. The molecule has 0 saturated carbocycles. The van der Waals surface area contributed by atoms with E-state index < -0.39 is 60.6 Å². The maximum Gasteiger partial charge on any atom is 0.326 e. The molecule has 12 heteroatoms. The Hall–Kier alpha value is -1.89. The van der Waals surface area contributed by atoms with Gasteiger partial charge in [0.05, 0.1) is 12.7 Å². The van der Waals surface area contributed by atoms with Gasteiger partial charge >= 0.3 is 5.97 Å². The smallest absolute Gasteiger partial charge is 0.326 e. The van der Waals surface area contributed by atoms with Gasteiger partial charge in [0.2, 0.25) is 17.7 Å². The molecule has 29 heavy (non-hydrogen) atoms. The van der Waals surface area contributed by atoms with E-state index in [2.05, 4.69) is 10.6 Å². The van der Waals surface area contributed by atoms with Crippen LogP contribution in [0.25, 0.3) is 0 Å². The Morgan fingerprint density at radius 3 is 2.45 bits per heavy atom. The molecule has 11 nitrogen and oxygen atoms in total. The number of hydrogen-bond acceptors (Lipinski definition) is 8. The van der Waals surface area contributed by atoms with Gasteiger partial charge in [-0.05, 0) is 38.2 Å². The number of rotatable bonds is 11. The summed E-state index contributed by atoms with van der Waals surface area (Å²) in [6.45, 7) is 1.02. The number of nitrogens with two attached hydrogens (primary N) is 1. The predicted molar refractivity (Wildman–Crippen MR) is 106 cm³/mol. The maximum atomic E-state index is 12.7. The molecule has 0 aromatic heterocycles. The van der Waals surface area contributed by atoms with Gasteiger partial charge in [-0.25, -0.2) is 4.79 Å². The van der Waals surface area contributed by atoms with E-state index in [1.165, 1.54) is 23.6 Å². The minimum atomic E-state index is -1.39. The predicted octanol–water partition coefficient (Wildman–Crippen LogP) is -2.51. The van der Waals surface area contributed by atoms with E-state index in [1.807, 2.05) is 0 Å². The van der Waals surface area contributed by atoms with Gasteiger partial charge in [-0.15, -0.1) is 0 Å². The number of aliphatic hydroxyl groups is 2. The fourth-order valence-electron chi connectivity index (χ4n) is 3.00. The van der Waals surface area contributed by atoms with Crippen molar-refractivity contribution in [3.8, 4) is 0 Å². The van der Waals surface area contributed by atoms with Crippen LogP contribution in [0, 0.1) is 0 Å². The molecular weight excluding hydrogens is 404 g/mol. The summed E-state index contributed by atoms with van der Waals surface area (Å²) in [6.07, 6.45) is 1.58. The van der Waals surface area contributed by atoms with Crippen LogP contribution in [-0.2, 0) is 19.2 Å². The van der Waals surface area contributed by atoms with Gasteiger partial charge in [0.1, 0.15) is 24.2 Å². The monoisotopic (exact) mass is 434 g/mol. The summed E-state index contributed by atoms with van der Waals surface area (Å²) >= 11 is 1.42. The van der Waals surface area contributed by atoms with Crippen LogP contribution in [0.1, 0.15) is 26.2 Å². The summed E-state index contributed by atoms with van der Waals surface area (Å²) in [7, 11) is 0. The summed E-state index contributed by atoms with van der Waals surface area (Å²) in [5.41, 5.74) is 5.55. The van der Waals surface area contributed by atoms with E-state index in [0.717, 1.165) is 0 Å². The zero-order valence-electron chi connectivity index (χ0n) is 16.5. The topological polar surface area (TPSA) is 182 Å². The average Bonchev–Trinajstić information content (AvgIpc) is 3.16. The van der Waals surface area contributed by atoms with Crippen molar-refractivity contribution in [3.63, 3.8) is 0 Å². The first-order valence-electron chi connectivity index (χ1n) is 9.31. The highest BCUT2D eigenvalue weighted by atomic mass is 32.2. The van der Waals surface area contributed by atoms with Crippen LogP contribution >= 0.6 is 11.8 Å². The lowest BCUT2D eigenvalue weighted by atomic mass is 10.1. The van der Waals surface area contributed by atoms with E-state index in [9.17, 15) is 29.4 Å². The molecule has 1 aliphatic heterocycles. The molecule has 166 valence electrons. The summed E-state index contributed by atoms with van der Waals surface area (Å²) < 4.78 is 0. The van der Waals surface area contributed by atoms with Crippen molar-refractivity contribution in [2.75, 3.05) is 25.2 Å². The Labute approximate surface area is 173 Å². The van der Waals surface area contributed by atoms with Crippen LogP contribution in [0.5, 0.6) is 0 Å². The minimum absolute atomic E-state index is 0.187. The van der Waals surface area contributed by atoms with Gasteiger partial charge in [-0.3, -0.25) is 14.4 Å². The fourth-order valence-corrected chi connectivity index (χ4v) is 3.47. The number of carboxylic acid groups (broad SMARTS) is 1. The quantitative estimate of drug-likeness (QED) is 0.204. The molecule has 1 aliphatic rings. The van der Waals surface area contributed by atoms with Crippen molar-refractivity contribution in [2.24, 2.45) is 5.73 Å². The van der Waals surface area contributed by atoms with Gasteiger partial charge in [0.25, 0.3) is 0 Å². The molecule has 0 spiro atoms. The lowest BCUT2D eigenvalue weighted by Gasteiger charge is -2.29. The fraction of sp³-hybridized carbons (Fsp3) is 0.765. The number of carboxylic acids is 1. The van der Waals surface area contributed by atoms with Crippen molar-refractivity contribution >= 4 is 35.5 Å². The van der Waals surface area contributed by atoms with Gasteiger partial charge in [0.15, 0.2) is 0 Å². The Bertz CT molecular complexity index is 604. The zero-order chi connectivity index (χ0) is 22.1. The molecule has 3 amide bonds. The molecule has 5 atom stereocenters. The molecule has 1 heterocycles. The van der Waals surface area contributed by atoms with Crippen LogP contribution in [0.4, 0.5) is 0 Å².